The molecule has 2 amide bonds. The molecule has 3 N–H and O–H groups in total. The number of carbonyl (C=O) groups excluding carboxylic acids is 3. The number of aromatic hydroxyl groups is 1. The Kier molecular flexibility index (Phi) is 4.19. The Morgan fingerprint density at radius 3 is 2.36 bits per heavy atom. The molecule has 144 valence electrons. The van der Waals surface area contributed by atoms with Crippen LogP contribution in [-0.2, 0) is 14.4 Å². The molecule has 0 unspecified atom stereocenters. The molecule has 0 spiro atoms. The number of quaternary nitrogens is 1. The number of para-hydroxylation sites is 1. The van der Waals surface area contributed by atoms with Crippen molar-refractivity contribution in [2.45, 2.75) is 25.9 Å². The van der Waals surface area contributed by atoms with Gasteiger partial charge in [0.15, 0.2) is 0 Å². The fourth-order valence-electron chi connectivity index (χ4n) is 4.34. The minimum absolute atomic E-state index is 0.0358. The van der Waals surface area contributed by atoms with Gasteiger partial charge in [0.25, 0.3) is 0 Å². The Labute approximate surface area is 161 Å². The molecule has 0 bridgehead atoms. The number of nitrogens with zero attached hydrogens (tertiary/aromatic N) is 1. The smallest absolute Gasteiger partial charge is 0.244 e. The Balaban J connectivity index is 1.80. The number of benzene rings is 2. The van der Waals surface area contributed by atoms with Crippen LogP contribution in [0.25, 0.3) is 0 Å². The molecule has 2 aliphatic heterocycles. The lowest BCUT2D eigenvalue weighted by Gasteiger charge is -2.22. The number of aryl methyl sites for hydroxylation is 2. The highest BCUT2D eigenvalue weighted by Crippen LogP contribution is 2.43. The summed E-state index contributed by atoms with van der Waals surface area (Å²) in [7, 11) is 0. The second-order valence-corrected chi connectivity index (χ2v) is 7.45. The molecule has 7 nitrogen and oxygen atoms in total. The van der Waals surface area contributed by atoms with Gasteiger partial charge in [0, 0.05) is 0 Å². The average molecular weight is 380 g/mol. The van der Waals surface area contributed by atoms with E-state index in [0.717, 1.165) is 16.0 Å². The van der Waals surface area contributed by atoms with Crippen molar-refractivity contribution in [3.63, 3.8) is 0 Å². The first-order valence-electron chi connectivity index (χ1n) is 9.10. The fourth-order valence-corrected chi connectivity index (χ4v) is 4.34. The van der Waals surface area contributed by atoms with Crippen molar-refractivity contribution in [2.75, 3.05) is 4.90 Å². The molecular weight excluding hydrogens is 360 g/mol. The Hall–Kier alpha value is -3.19. The zero-order valence-corrected chi connectivity index (χ0v) is 15.5. The van der Waals surface area contributed by atoms with Gasteiger partial charge in [0.2, 0.25) is 11.8 Å². The number of rotatable bonds is 3. The quantitative estimate of drug-likeness (QED) is 0.700. The predicted octanol–water partition coefficient (Wildman–Crippen LogP) is -0.449. The Bertz CT molecular complexity index is 1000. The third-order valence-corrected chi connectivity index (χ3v) is 5.90. The summed E-state index contributed by atoms with van der Waals surface area (Å²) in [5.74, 6) is -4.34. The minimum Gasteiger partial charge on any atom is -0.544 e. The van der Waals surface area contributed by atoms with E-state index in [9.17, 15) is 24.6 Å². The number of amides is 2. The summed E-state index contributed by atoms with van der Waals surface area (Å²) in [4.78, 5) is 39.1. The summed E-state index contributed by atoms with van der Waals surface area (Å²) in [6.45, 7) is 3.81. The van der Waals surface area contributed by atoms with Gasteiger partial charge >= 0.3 is 0 Å². The number of carboxylic acid groups (broad SMARTS) is 1. The predicted molar refractivity (Wildman–Crippen MR) is 97.0 cm³/mol. The van der Waals surface area contributed by atoms with E-state index in [1.54, 1.807) is 30.3 Å². The molecule has 0 saturated carbocycles. The van der Waals surface area contributed by atoms with Crippen LogP contribution in [0.1, 0.15) is 22.7 Å². The maximum atomic E-state index is 13.2. The highest BCUT2D eigenvalue weighted by Gasteiger charge is 2.63. The third-order valence-electron chi connectivity index (χ3n) is 5.90. The number of hydrogen-bond acceptors (Lipinski definition) is 5. The molecule has 2 aromatic rings. The number of nitrogens with two attached hydrogens (primary N) is 1. The van der Waals surface area contributed by atoms with Crippen LogP contribution in [0.2, 0.25) is 0 Å². The SMILES string of the molecule is Cc1ccc(N2C(=O)[C@@H]3[C@H](C2=O)[C@@H](c2ccccc2O)[NH2+][C@@H]3C(=O)[O-])cc1C. The number of carbonyl (C=O) groups is 3. The van der Waals surface area contributed by atoms with Gasteiger partial charge in [-0.3, -0.25) is 9.59 Å². The van der Waals surface area contributed by atoms with Crippen LogP contribution in [0.4, 0.5) is 5.69 Å². The zero-order chi connectivity index (χ0) is 20.2. The maximum absolute atomic E-state index is 13.2. The van der Waals surface area contributed by atoms with Crippen LogP contribution in [0.3, 0.4) is 0 Å². The second kappa shape index (κ2) is 6.45. The van der Waals surface area contributed by atoms with E-state index < -0.39 is 41.7 Å². The Morgan fingerprint density at radius 2 is 1.71 bits per heavy atom. The highest BCUT2D eigenvalue weighted by atomic mass is 16.4. The van der Waals surface area contributed by atoms with E-state index in [0.29, 0.717) is 11.3 Å². The molecule has 28 heavy (non-hydrogen) atoms. The largest absolute Gasteiger partial charge is 0.544 e. The van der Waals surface area contributed by atoms with E-state index in [4.69, 9.17) is 0 Å². The van der Waals surface area contributed by atoms with Gasteiger partial charge in [-0.2, -0.15) is 0 Å². The van der Waals surface area contributed by atoms with Gasteiger partial charge in [-0.1, -0.05) is 18.2 Å². The molecule has 7 heteroatoms. The van der Waals surface area contributed by atoms with Crippen LogP contribution in [0, 0.1) is 25.7 Å². The summed E-state index contributed by atoms with van der Waals surface area (Å²) in [5.41, 5.74) is 2.82. The van der Waals surface area contributed by atoms with Gasteiger partial charge in [-0.05, 0) is 49.2 Å². The number of anilines is 1. The molecule has 4 rings (SSSR count). The van der Waals surface area contributed by atoms with Crippen LogP contribution in [-0.4, -0.2) is 28.9 Å². The first kappa shape index (κ1) is 18.2. The third kappa shape index (κ3) is 2.58. The van der Waals surface area contributed by atoms with E-state index in [2.05, 4.69) is 0 Å². The van der Waals surface area contributed by atoms with Gasteiger partial charge in [-0.15, -0.1) is 0 Å². The van der Waals surface area contributed by atoms with Crippen LogP contribution >= 0.6 is 0 Å². The molecule has 2 aliphatic rings. The molecule has 4 atom stereocenters. The number of phenols is 1. The number of hydrogen-bond donors (Lipinski definition) is 2. The molecule has 0 aromatic heterocycles. The van der Waals surface area contributed by atoms with Crippen molar-refractivity contribution in [3.05, 3.63) is 59.2 Å². The van der Waals surface area contributed by atoms with Gasteiger partial charge < -0.3 is 20.3 Å². The minimum atomic E-state index is -1.39. The molecule has 2 aromatic carbocycles. The number of fused-ring (bicyclic) bond motifs is 1. The first-order valence-corrected chi connectivity index (χ1v) is 9.10. The van der Waals surface area contributed by atoms with E-state index in [-0.39, 0.29) is 5.75 Å². The van der Waals surface area contributed by atoms with Crippen LogP contribution in [0.5, 0.6) is 5.75 Å². The van der Waals surface area contributed by atoms with Crippen molar-refractivity contribution in [1.29, 1.82) is 0 Å². The fraction of sp³-hybridized carbons (Fsp3) is 0.286. The number of carboxylic acids is 1. The van der Waals surface area contributed by atoms with Gasteiger partial charge in [0.05, 0.1) is 11.3 Å². The molecule has 2 saturated heterocycles. The van der Waals surface area contributed by atoms with Crippen LogP contribution in [0.15, 0.2) is 42.5 Å². The summed E-state index contributed by atoms with van der Waals surface area (Å²) in [5, 5.41) is 23.4. The number of imide groups is 1. The van der Waals surface area contributed by atoms with E-state index >= 15 is 0 Å². The lowest BCUT2D eigenvalue weighted by molar-refractivity contribution is -0.705. The molecule has 0 aliphatic carbocycles. The molecule has 2 heterocycles. The van der Waals surface area contributed by atoms with Crippen molar-refractivity contribution in [2.24, 2.45) is 11.8 Å². The van der Waals surface area contributed by atoms with Gasteiger partial charge in [0.1, 0.15) is 35.6 Å². The number of aliphatic carboxylic acids is 1. The Morgan fingerprint density at radius 1 is 1.04 bits per heavy atom. The van der Waals surface area contributed by atoms with E-state index in [1.807, 2.05) is 19.9 Å². The molecular formula is C21H20N2O5. The highest BCUT2D eigenvalue weighted by molar-refractivity contribution is 6.23. The van der Waals surface area contributed by atoms with Crippen molar-refractivity contribution in [3.8, 4) is 5.75 Å². The normalized spacial score (nSPS) is 26.6. The van der Waals surface area contributed by atoms with Crippen LogP contribution < -0.4 is 15.3 Å². The van der Waals surface area contributed by atoms with E-state index in [1.165, 1.54) is 11.4 Å². The maximum Gasteiger partial charge on any atom is 0.244 e. The van der Waals surface area contributed by atoms with Crippen molar-refractivity contribution in [1.82, 2.24) is 0 Å². The van der Waals surface area contributed by atoms with Crippen molar-refractivity contribution >= 4 is 23.5 Å². The summed E-state index contributed by atoms with van der Waals surface area (Å²) < 4.78 is 0. The lowest BCUT2D eigenvalue weighted by atomic mass is 9.86. The first-order chi connectivity index (χ1) is 13.3. The second-order valence-electron chi connectivity index (χ2n) is 7.45. The topological polar surface area (TPSA) is 114 Å². The number of phenolic OH excluding ortho intramolecular Hbond substituents is 1. The molecule has 2 fully saturated rings. The summed E-state index contributed by atoms with van der Waals surface area (Å²) in [6.07, 6.45) is 0. The average Bonchev–Trinajstić information content (AvgIpc) is 3.16. The standard InChI is InChI=1S/C21H20N2O5/c1-10-7-8-12(9-11(10)2)23-19(25)15-16(20(23)26)18(21(27)28)22-17(15)13-5-3-4-6-14(13)24/h3-9,15-18,22,24H,1-2H3,(H,27,28)/t15-,16+,17+,18-/m0/s1. The van der Waals surface area contributed by atoms with Crippen molar-refractivity contribution < 1.29 is 29.9 Å². The summed E-state index contributed by atoms with van der Waals surface area (Å²) in [6, 6.07) is 9.85. The summed E-state index contributed by atoms with van der Waals surface area (Å²) >= 11 is 0. The van der Waals surface area contributed by atoms with Gasteiger partial charge in [-0.25, -0.2) is 4.90 Å². The molecule has 0 radical (unpaired) electrons. The monoisotopic (exact) mass is 380 g/mol. The lowest BCUT2D eigenvalue weighted by Crippen LogP contribution is -2.92. The zero-order valence-electron chi connectivity index (χ0n) is 15.5.